The van der Waals surface area contributed by atoms with Crippen LogP contribution in [-0.2, 0) is 24.5 Å². The van der Waals surface area contributed by atoms with Crippen molar-refractivity contribution in [1.29, 1.82) is 0 Å². The molecule has 3 aliphatic heterocycles. The van der Waals surface area contributed by atoms with Gasteiger partial charge in [0.1, 0.15) is 0 Å². The number of imide groups is 1. The Kier molecular flexibility index (Phi) is 4.40. The van der Waals surface area contributed by atoms with Crippen LogP contribution in [0.4, 0.5) is 4.79 Å². The molecule has 0 aromatic heterocycles. The third-order valence-corrected chi connectivity index (χ3v) is 5.68. The Labute approximate surface area is 151 Å². The van der Waals surface area contributed by atoms with Crippen LogP contribution < -0.4 is 0 Å². The SMILES string of the molecule is O=C1COC(=O)N1C1CCN(C(=O)C2(c3ccccc3)CCOCC2)C1. The first kappa shape index (κ1) is 17.0. The lowest BCUT2D eigenvalue weighted by Gasteiger charge is -2.39. The van der Waals surface area contributed by atoms with E-state index in [4.69, 9.17) is 9.47 Å². The maximum Gasteiger partial charge on any atom is 0.417 e. The molecule has 0 spiro atoms. The van der Waals surface area contributed by atoms with Gasteiger partial charge in [-0.05, 0) is 24.8 Å². The Hall–Kier alpha value is -2.41. The summed E-state index contributed by atoms with van der Waals surface area (Å²) in [6.45, 7) is 1.81. The molecule has 0 N–H and O–H groups in total. The number of amides is 3. The van der Waals surface area contributed by atoms with Gasteiger partial charge in [-0.2, -0.15) is 0 Å². The minimum Gasteiger partial charge on any atom is -0.439 e. The molecule has 3 amide bonds. The van der Waals surface area contributed by atoms with E-state index in [2.05, 4.69) is 0 Å². The fourth-order valence-electron chi connectivity index (χ4n) is 4.26. The second-order valence-corrected chi connectivity index (χ2v) is 7.07. The minimum absolute atomic E-state index is 0.0644. The third-order valence-electron chi connectivity index (χ3n) is 5.68. The summed E-state index contributed by atoms with van der Waals surface area (Å²) in [6, 6.07) is 9.54. The molecule has 1 aromatic rings. The van der Waals surface area contributed by atoms with E-state index in [1.54, 1.807) is 4.90 Å². The molecule has 0 saturated carbocycles. The summed E-state index contributed by atoms with van der Waals surface area (Å²) in [5, 5.41) is 0. The maximum absolute atomic E-state index is 13.5. The van der Waals surface area contributed by atoms with Gasteiger partial charge in [-0.25, -0.2) is 9.69 Å². The van der Waals surface area contributed by atoms with Gasteiger partial charge in [-0.15, -0.1) is 0 Å². The molecule has 1 unspecified atom stereocenters. The van der Waals surface area contributed by atoms with Gasteiger partial charge < -0.3 is 14.4 Å². The number of benzene rings is 1. The van der Waals surface area contributed by atoms with Crippen LogP contribution in [0.3, 0.4) is 0 Å². The molecule has 3 aliphatic rings. The van der Waals surface area contributed by atoms with Crippen molar-refractivity contribution in [3.05, 3.63) is 35.9 Å². The lowest BCUT2D eigenvalue weighted by Crippen LogP contribution is -2.50. The Bertz CT molecular complexity index is 698. The highest BCUT2D eigenvalue weighted by Gasteiger charge is 2.47. The Balaban J connectivity index is 1.56. The van der Waals surface area contributed by atoms with Crippen molar-refractivity contribution < 1.29 is 23.9 Å². The van der Waals surface area contributed by atoms with Gasteiger partial charge >= 0.3 is 6.09 Å². The van der Waals surface area contributed by atoms with Crippen molar-refractivity contribution in [2.24, 2.45) is 0 Å². The van der Waals surface area contributed by atoms with Gasteiger partial charge in [-0.1, -0.05) is 30.3 Å². The number of hydrogen-bond donors (Lipinski definition) is 0. The highest BCUT2D eigenvalue weighted by atomic mass is 16.6. The number of carbonyl (C=O) groups excluding carboxylic acids is 3. The van der Waals surface area contributed by atoms with Gasteiger partial charge in [0, 0.05) is 26.3 Å². The molecule has 0 bridgehead atoms. The maximum atomic E-state index is 13.5. The van der Waals surface area contributed by atoms with E-state index >= 15 is 0 Å². The number of rotatable bonds is 3. The smallest absolute Gasteiger partial charge is 0.417 e. The quantitative estimate of drug-likeness (QED) is 0.814. The Morgan fingerprint density at radius 1 is 1.12 bits per heavy atom. The molecular formula is C19H22N2O5. The van der Waals surface area contributed by atoms with Crippen LogP contribution in [0.5, 0.6) is 0 Å². The van der Waals surface area contributed by atoms with Crippen molar-refractivity contribution in [3.63, 3.8) is 0 Å². The van der Waals surface area contributed by atoms with Crippen molar-refractivity contribution in [2.75, 3.05) is 32.9 Å². The zero-order valence-electron chi connectivity index (χ0n) is 14.6. The van der Waals surface area contributed by atoms with Crippen LogP contribution in [0.1, 0.15) is 24.8 Å². The average Bonchev–Trinajstić information content (AvgIpc) is 3.29. The average molecular weight is 358 g/mol. The lowest BCUT2D eigenvalue weighted by atomic mass is 9.73. The second kappa shape index (κ2) is 6.72. The normalized spacial score (nSPS) is 25.5. The van der Waals surface area contributed by atoms with E-state index in [-0.39, 0.29) is 24.5 Å². The number of nitrogens with zero attached hydrogens (tertiary/aromatic N) is 2. The van der Waals surface area contributed by atoms with E-state index in [1.165, 1.54) is 4.90 Å². The molecule has 138 valence electrons. The zero-order chi connectivity index (χ0) is 18.1. The molecule has 3 heterocycles. The fraction of sp³-hybridized carbons (Fsp3) is 0.526. The van der Waals surface area contributed by atoms with E-state index in [0.29, 0.717) is 45.6 Å². The topological polar surface area (TPSA) is 76.2 Å². The number of ether oxygens (including phenoxy) is 2. The molecule has 7 nitrogen and oxygen atoms in total. The van der Waals surface area contributed by atoms with Crippen molar-refractivity contribution >= 4 is 17.9 Å². The Morgan fingerprint density at radius 2 is 1.85 bits per heavy atom. The van der Waals surface area contributed by atoms with Crippen molar-refractivity contribution in [2.45, 2.75) is 30.7 Å². The summed E-state index contributed by atoms with van der Waals surface area (Å²) in [7, 11) is 0. The van der Waals surface area contributed by atoms with Gasteiger partial charge in [0.2, 0.25) is 5.91 Å². The summed E-state index contributed by atoms with van der Waals surface area (Å²) >= 11 is 0. The molecule has 1 atom stereocenters. The van der Waals surface area contributed by atoms with Gasteiger partial charge in [0.15, 0.2) is 6.61 Å². The number of likely N-dealkylation sites (tertiary alicyclic amines) is 1. The third kappa shape index (κ3) is 2.76. The molecule has 1 aromatic carbocycles. The first-order valence-corrected chi connectivity index (χ1v) is 9.03. The number of hydrogen-bond acceptors (Lipinski definition) is 5. The van der Waals surface area contributed by atoms with Gasteiger partial charge in [0.05, 0.1) is 11.5 Å². The van der Waals surface area contributed by atoms with Crippen LogP contribution in [0, 0.1) is 0 Å². The van der Waals surface area contributed by atoms with Gasteiger partial charge in [-0.3, -0.25) is 9.59 Å². The van der Waals surface area contributed by atoms with Crippen molar-refractivity contribution in [1.82, 2.24) is 9.80 Å². The molecule has 3 saturated heterocycles. The summed E-state index contributed by atoms with van der Waals surface area (Å²) in [5.41, 5.74) is 0.414. The first-order valence-electron chi connectivity index (χ1n) is 9.03. The molecule has 0 radical (unpaired) electrons. The standard InChI is InChI=1S/C19H22N2O5/c22-16-13-26-18(24)21(16)15-6-9-20(12-15)17(23)19(7-10-25-11-8-19)14-4-2-1-3-5-14/h1-5,15H,6-13H2. The van der Waals surface area contributed by atoms with Crippen LogP contribution in [0.2, 0.25) is 0 Å². The highest BCUT2D eigenvalue weighted by molar-refractivity contribution is 5.98. The van der Waals surface area contributed by atoms with E-state index in [9.17, 15) is 14.4 Å². The van der Waals surface area contributed by atoms with Crippen LogP contribution in [-0.4, -0.2) is 66.7 Å². The molecule has 4 rings (SSSR count). The Morgan fingerprint density at radius 3 is 2.50 bits per heavy atom. The molecule has 26 heavy (non-hydrogen) atoms. The lowest BCUT2D eigenvalue weighted by molar-refractivity contribution is -0.140. The van der Waals surface area contributed by atoms with Crippen LogP contribution >= 0.6 is 0 Å². The van der Waals surface area contributed by atoms with E-state index in [0.717, 1.165) is 5.56 Å². The molecular weight excluding hydrogens is 336 g/mol. The second-order valence-electron chi connectivity index (χ2n) is 7.07. The predicted molar refractivity (Wildman–Crippen MR) is 91.4 cm³/mol. The first-order chi connectivity index (χ1) is 12.6. The molecule has 0 aliphatic carbocycles. The van der Waals surface area contributed by atoms with E-state index < -0.39 is 11.5 Å². The highest BCUT2D eigenvalue weighted by Crippen LogP contribution is 2.38. The van der Waals surface area contributed by atoms with Crippen LogP contribution in [0.15, 0.2) is 30.3 Å². The largest absolute Gasteiger partial charge is 0.439 e. The fourth-order valence-corrected chi connectivity index (χ4v) is 4.26. The molecule has 7 heteroatoms. The predicted octanol–water partition coefficient (Wildman–Crippen LogP) is 1.31. The monoisotopic (exact) mass is 358 g/mol. The van der Waals surface area contributed by atoms with E-state index in [1.807, 2.05) is 30.3 Å². The summed E-state index contributed by atoms with van der Waals surface area (Å²) in [4.78, 5) is 40.2. The van der Waals surface area contributed by atoms with Crippen LogP contribution in [0.25, 0.3) is 0 Å². The van der Waals surface area contributed by atoms with Gasteiger partial charge in [0.25, 0.3) is 5.91 Å². The minimum atomic E-state index is -0.599. The number of carbonyl (C=O) groups is 3. The molecule has 3 fully saturated rings. The summed E-state index contributed by atoms with van der Waals surface area (Å²) < 4.78 is 10.3. The van der Waals surface area contributed by atoms with Crippen molar-refractivity contribution in [3.8, 4) is 0 Å². The zero-order valence-corrected chi connectivity index (χ0v) is 14.6. The number of cyclic esters (lactones) is 1. The summed E-state index contributed by atoms with van der Waals surface area (Å²) in [6.07, 6.45) is 1.27. The summed E-state index contributed by atoms with van der Waals surface area (Å²) in [5.74, 6) is -0.257.